The molecule has 3 aliphatic carbocycles. The van der Waals surface area contributed by atoms with E-state index in [9.17, 15) is 0 Å². The molecule has 3 aliphatic rings. The Labute approximate surface area is 99.6 Å². The average Bonchev–Trinajstić information content (AvgIpc) is 2.54. The average molecular weight is 263 g/mol. The van der Waals surface area contributed by atoms with Crippen LogP contribution in [0.1, 0.15) is 6.92 Å². The standard InChI is InChI=1S/C14H15Br/c1-9-11-4-2-3-5-12(11)13-7-6-10(15)8-14(9)13/h2-9,11-14H,1H3. The molecular weight excluding hydrogens is 248 g/mol. The van der Waals surface area contributed by atoms with Crippen molar-refractivity contribution in [2.24, 2.45) is 29.6 Å². The summed E-state index contributed by atoms with van der Waals surface area (Å²) in [6, 6.07) is 0. The van der Waals surface area contributed by atoms with Crippen LogP contribution in [0.5, 0.6) is 0 Å². The van der Waals surface area contributed by atoms with Crippen molar-refractivity contribution in [1.82, 2.24) is 0 Å². The van der Waals surface area contributed by atoms with Gasteiger partial charge in [-0.3, -0.25) is 0 Å². The van der Waals surface area contributed by atoms with Gasteiger partial charge in [0.25, 0.3) is 0 Å². The zero-order valence-corrected chi connectivity index (χ0v) is 10.4. The van der Waals surface area contributed by atoms with Gasteiger partial charge in [0.2, 0.25) is 0 Å². The van der Waals surface area contributed by atoms with Gasteiger partial charge in [0.15, 0.2) is 0 Å². The third-order valence-corrected chi connectivity index (χ3v) is 4.68. The third kappa shape index (κ3) is 1.40. The lowest BCUT2D eigenvalue weighted by molar-refractivity contribution is 0.414. The van der Waals surface area contributed by atoms with Gasteiger partial charge in [-0.15, -0.1) is 0 Å². The van der Waals surface area contributed by atoms with Crippen LogP contribution >= 0.6 is 15.9 Å². The molecule has 78 valence electrons. The van der Waals surface area contributed by atoms with Crippen LogP contribution in [0.4, 0.5) is 0 Å². The Morgan fingerprint density at radius 3 is 2.40 bits per heavy atom. The lowest BCUT2D eigenvalue weighted by atomic mass is 9.83. The van der Waals surface area contributed by atoms with E-state index >= 15 is 0 Å². The first-order chi connectivity index (χ1) is 7.27. The van der Waals surface area contributed by atoms with Gasteiger partial charge >= 0.3 is 0 Å². The minimum atomic E-state index is 0.715. The van der Waals surface area contributed by atoms with Crippen molar-refractivity contribution in [1.29, 1.82) is 0 Å². The summed E-state index contributed by atoms with van der Waals surface area (Å²) in [5.74, 6) is 3.66. The van der Waals surface area contributed by atoms with Crippen molar-refractivity contribution in [2.45, 2.75) is 6.92 Å². The van der Waals surface area contributed by atoms with E-state index in [2.05, 4.69) is 65.4 Å². The number of fused-ring (bicyclic) bond motifs is 3. The van der Waals surface area contributed by atoms with Crippen molar-refractivity contribution >= 4 is 15.9 Å². The third-order valence-electron chi connectivity index (χ3n) is 4.15. The van der Waals surface area contributed by atoms with E-state index in [1.165, 1.54) is 4.48 Å². The van der Waals surface area contributed by atoms with Crippen LogP contribution in [0.25, 0.3) is 0 Å². The van der Waals surface area contributed by atoms with Crippen LogP contribution in [0, 0.1) is 29.6 Å². The Morgan fingerprint density at radius 2 is 1.60 bits per heavy atom. The normalized spacial score (nSPS) is 46.3. The maximum Gasteiger partial charge on any atom is 0.0135 e. The number of halogens is 1. The zero-order valence-electron chi connectivity index (χ0n) is 8.81. The van der Waals surface area contributed by atoms with Crippen LogP contribution in [0.15, 0.2) is 47.0 Å². The molecule has 5 atom stereocenters. The van der Waals surface area contributed by atoms with Crippen LogP contribution in [0.3, 0.4) is 0 Å². The van der Waals surface area contributed by atoms with Gasteiger partial charge in [-0.1, -0.05) is 65.4 Å². The summed E-state index contributed by atoms with van der Waals surface area (Å²) in [6.07, 6.45) is 16.2. The van der Waals surface area contributed by atoms with Gasteiger partial charge in [0.1, 0.15) is 0 Å². The molecule has 5 unspecified atom stereocenters. The second-order valence-corrected chi connectivity index (χ2v) is 5.76. The minimum absolute atomic E-state index is 0.715. The summed E-state index contributed by atoms with van der Waals surface area (Å²) in [4.78, 5) is 0. The van der Waals surface area contributed by atoms with Gasteiger partial charge in [0, 0.05) is 4.48 Å². The lowest BCUT2D eigenvalue weighted by Gasteiger charge is -2.22. The molecule has 0 spiro atoms. The van der Waals surface area contributed by atoms with E-state index in [1.807, 2.05) is 0 Å². The molecule has 1 fully saturated rings. The van der Waals surface area contributed by atoms with Crippen molar-refractivity contribution in [3.8, 4) is 0 Å². The Kier molecular flexibility index (Phi) is 2.24. The van der Waals surface area contributed by atoms with Gasteiger partial charge in [0.05, 0.1) is 0 Å². The Bertz CT molecular complexity index is 386. The zero-order chi connectivity index (χ0) is 10.4. The molecule has 3 rings (SSSR count). The molecule has 0 aromatic rings. The fraction of sp³-hybridized carbons (Fsp3) is 0.429. The highest BCUT2D eigenvalue weighted by atomic mass is 79.9. The molecule has 0 aromatic heterocycles. The molecule has 15 heavy (non-hydrogen) atoms. The topological polar surface area (TPSA) is 0 Å². The largest absolute Gasteiger partial charge is 0.0805 e. The summed E-state index contributed by atoms with van der Waals surface area (Å²) in [5.41, 5.74) is 0. The molecule has 0 radical (unpaired) electrons. The summed E-state index contributed by atoms with van der Waals surface area (Å²) in [6.45, 7) is 2.39. The summed E-state index contributed by atoms with van der Waals surface area (Å²) in [5, 5.41) is 0. The van der Waals surface area contributed by atoms with Gasteiger partial charge in [-0.05, 0) is 29.6 Å². The molecule has 0 aliphatic heterocycles. The molecular formula is C14H15Br. The van der Waals surface area contributed by atoms with Crippen LogP contribution < -0.4 is 0 Å². The van der Waals surface area contributed by atoms with Crippen LogP contribution in [-0.2, 0) is 0 Å². The fourth-order valence-electron chi connectivity index (χ4n) is 3.38. The molecule has 0 nitrogen and oxygen atoms in total. The number of hydrogen-bond acceptors (Lipinski definition) is 0. The molecule has 0 N–H and O–H groups in total. The first-order valence-corrected chi connectivity index (χ1v) is 6.47. The SMILES string of the molecule is CC1C2C=CC=CC2C2C=CC(Br)=CC12. The molecule has 0 aromatic carbocycles. The highest BCUT2D eigenvalue weighted by Gasteiger charge is 2.45. The van der Waals surface area contributed by atoms with Crippen LogP contribution in [-0.4, -0.2) is 0 Å². The van der Waals surface area contributed by atoms with E-state index < -0.39 is 0 Å². The molecule has 0 heterocycles. The Hall–Kier alpha value is -0.560. The number of rotatable bonds is 0. The molecule has 1 saturated carbocycles. The van der Waals surface area contributed by atoms with Crippen molar-refractivity contribution in [2.75, 3.05) is 0 Å². The molecule has 0 bridgehead atoms. The molecule has 0 saturated heterocycles. The van der Waals surface area contributed by atoms with Gasteiger partial charge in [-0.2, -0.15) is 0 Å². The second kappa shape index (κ2) is 3.48. The summed E-state index contributed by atoms with van der Waals surface area (Å²) < 4.78 is 1.25. The monoisotopic (exact) mass is 262 g/mol. The predicted molar refractivity (Wildman–Crippen MR) is 67.6 cm³/mol. The second-order valence-electron chi connectivity index (χ2n) is 4.85. The van der Waals surface area contributed by atoms with Crippen molar-refractivity contribution in [3.63, 3.8) is 0 Å². The van der Waals surface area contributed by atoms with E-state index in [-0.39, 0.29) is 0 Å². The lowest BCUT2D eigenvalue weighted by Crippen LogP contribution is -2.14. The minimum Gasteiger partial charge on any atom is -0.0805 e. The van der Waals surface area contributed by atoms with Crippen molar-refractivity contribution < 1.29 is 0 Å². The fourth-order valence-corrected chi connectivity index (χ4v) is 3.84. The molecule has 0 amide bonds. The highest BCUT2D eigenvalue weighted by Crippen LogP contribution is 2.51. The summed E-state index contributed by atoms with van der Waals surface area (Å²) in [7, 11) is 0. The first kappa shape index (κ1) is 9.65. The van der Waals surface area contributed by atoms with E-state index in [1.54, 1.807) is 0 Å². The quantitative estimate of drug-likeness (QED) is 0.618. The van der Waals surface area contributed by atoms with Gasteiger partial charge in [-0.25, -0.2) is 0 Å². The number of allylic oxidation sites excluding steroid dienone is 8. The summed E-state index contributed by atoms with van der Waals surface area (Å²) >= 11 is 3.59. The maximum absolute atomic E-state index is 3.59. The highest BCUT2D eigenvalue weighted by molar-refractivity contribution is 9.11. The Balaban J connectivity index is 2.00. The van der Waals surface area contributed by atoms with E-state index in [4.69, 9.17) is 0 Å². The van der Waals surface area contributed by atoms with E-state index in [0.717, 1.165) is 17.8 Å². The van der Waals surface area contributed by atoms with Crippen molar-refractivity contribution in [3.05, 3.63) is 47.0 Å². The smallest absolute Gasteiger partial charge is 0.0135 e. The number of hydrogen-bond donors (Lipinski definition) is 0. The predicted octanol–water partition coefficient (Wildman–Crippen LogP) is 4.08. The molecule has 1 heteroatoms. The maximum atomic E-state index is 3.59. The van der Waals surface area contributed by atoms with Crippen LogP contribution in [0.2, 0.25) is 0 Å². The Morgan fingerprint density at radius 1 is 0.933 bits per heavy atom. The van der Waals surface area contributed by atoms with Gasteiger partial charge < -0.3 is 0 Å². The van der Waals surface area contributed by atoms with E-state index in [0.29, 0.717) is 11.8 Å². The first-order valence-electron chi connectivity index (χ1n) is 5.68.